The van der Waals surface area contributed by atoms with Gasteiger partial charge in [-0.2, -0.15) is 21.6 Å². The molecule has 0 saturated heterocycles. The van der Waals surface area contributed by atoms with Crippen molar-refractivity contribution in [1.82, 2.24) is 0 Å². The molecule has 0 aliphatic carbocycles. The van der Waals surface area contributed by atoms with Gasteiger partial charge in [0.05, 0.1) is 5.56 Å². The van der Waals surface area contributed by atoms with Crippen LogP contribution in [0.3, 0.4) is 0 Å². The summed E-state index contributed by atoms with van der Waals surface area (Å²) in [5.41, 5.74) is -5.77. The molecule has 0 fully saturated rings. The van der Waals surface area contributed by atoms with Gasteiger partial charge < -0.3 is 4.18 Å². The molecule has 0 aromatic heterocycles. The second kappa shape index (κ2) is 6.73. The van der Waals surface area contributed by atoms with E-state index in [1.807, 2.05) is 24.3 Å². The summed E-state index contributed by atoms with van der Waals surface area (Å²) in [6, 6.07) is 19.0. The Morgan fingerprint density at radius 2 is 1.41 bits per heavy atom. The summed E-state index contributed by atoms with van der Waals surface area (Å²) in [5.74, 6) is -1.64. The first-order valence-electron chi connectivity index (χ1n) is 8.39. The maximum Gasteiger partial charge on any atom is 0.534 e. The zero-order valence-corrected chi connectivity index (χ0v) is 15.4. The molecule has 0 N–H and O–H groups in total. The minimum atomic E-state index is -5.95. The standard InChI is InChI=1S/C21H12F4O3S/c22-18-9-4-10-19(28-29(26,27)21(23,24)25)20(18)17-8-3-7-15-14-6-2-1-5-13(14)11-12-16(15)17/h1-12H. The Kier molecular flexibility index (Phi) is 4.46. The Morgan fingerprint density at radius 3 is 2.17 bits per heavy atom. The van der Waals surface area contributed by atoms with E-state index in [1.165, 1.54) is 6.07 Å². The zero-order valence-electron chi connectivity index (χ0n) is 14.6. The predicted molar refractivity (Wildman–Crippen MR) is 102 cm³/mol. The fraction of sp³-hybridized carbons (Fsp3) is 0.0476. The Hall–Kier alpha value is -3.13. The van der Waals surface area contributed by atoms with Crippen molar-refractivity contribution in [3.05, 3.63) is 78.6 Å². The molecule has 148 valence electrons. The normalized spacial score (nSPS) is 12.4. The van der Waals surface area contributed by atoms with Gasteiger partial charge >= 0.3 is 15.6 Å². The molecule has 0 spiro atoms. The number of halogens is 4. The number of benzene rings is 4. The Morgan fingerprint density at radius 1 is 0.724 bits per heavy atom. The van der Waals surface area contributed by atoms with E-state index < -0.39 is 27.2 Å². The molecule has 4 rings (SSSR count). The number of alkyl halides is 3. The molecule has 0 bridgehead atoms. The van der Waals surface area contributed by atoms with E-state index in [-0.39, 0.29) is 11.1 Å². The number of rotatable bonds is 3. The summed E-state index contributed by atoms with van der Waals surface area (Å²) >= 11 is 0. The zero-order chi connectivity index (χ0) is 20.8. The van der Waals surface area contributed by atoms with Gasteiger partial charge in [0, 0.05) is 0 Å². The molecule has 0 radical (unpaired) electrons. The van der Waals surface area contributed by atoms with Crippen molar-refractivity contribution in [2.75, 3.05) is 0 Å². The van der Waals surface area contributed by atoms with Crippen molar-refractivity contribution in [2.24, 2.45) is 0 Å². The summed E-state index contributed by atoms with van der Waals surface area (Å²) in [5, 5.41) is 3.09. The second-order valence-electron chi connectivity index (χ2n) is 6.28. The van der Waals surface area contributed by atoms with Gasteiger partial charge in [-0.1, -0.05) is 60.7 Å². The van der Waals surface area contributed by atoms with Crippen LogP contribution in [0.2, 0.25) is 0 Å². The van der Waals surface area contributed by atoms with Crippen LogP contribution in [0.1, 0.15) is 0 Å². The van der Waals surface area contributed by atoms with E-state index in [1.54, 1.807) is 24.3 Å². The van der Waals surface area contributed by atoms with Gasteiger partial charge in [-0.3, -0.25) is 0 Å². The fourth-order valence-corrected chi connectivity index (χ4v) is 3.73. The van der Waals surface area contributed by atoms with Crippen LogP contribution in [0.25, 0.3) is 32.7 Å². The predicted octanol–water partition coefficient (Wildman–Crippen LogP) is 6.03. The van der Waals surface area contributed by atoms with E-state index in [9.17, 15) is 26.0 Å². The summed E-state index contributed by atoms with van der Waals surface area (Å²) in [6.07, 6.45) is 0. The van der Waals surface area contributed by atoms with Crippen LogP contribution in [0.5, 0.6) is 5.75 Å². The highest BCUT2D eigenvalue weighted by Crippen LogP contribution is 2.40. The molecule has 29 heavy (non-hydrogen) atoms. The lowest BCUT2D eigenvalue weighted by Crippen LogP contribution is -2.28. The lowest BCUT2D eigenvalue weighted by atomic mass is 9.94. The van der Waals surface area contributed by atoms with Gasteiger partial charge in [-0.05, 0) is 39.2 Å². The number of hydrogen-bond donors (Lipinski definition) is 0. The molecular weight excluding hydrogens is 408 g/mol. The SMILES string of the molecule is O=S(=O)(Oc1cccc(F)c1-c1cccc2c1ccc1ccccc12)C(F)(F)F. The van der Waals surface area contributed by atoms with Crippen molar-refractivity contribution in [3.63, 3.8) is 0 Å². The Bertz CT molecular complexity index is 1350. The number of fused-ring (bicyclic) bond motifs is 3. The Balaban J connectivity index is 1.99. The maximum atomic E-state index is 14.7. The third-order valence-electron chi connectivity index (χ3n) is 4.51. The number of hydrogen-bond acceptors (Lipinski definition) is 3. The molecule has 0 aliphatic heterocycles. The molecule has 3 nitrogen and oxygen atoms in total. The summed E-state index contributed by atoms with van der Waals surface area (Å²) < 4.78 is 80.3. The Labute approximate surface area is 163 Å². The summed E-state index contributed by atoms with van der Waals surface area (Å²) in [6.45, 7) is 0. The van der Waals surface area contributed by atoms with E-state index >= 15 is 0 Å². The molecule has 0 unspecified atom stereocenters. The maximum absolute atomic E-state index is 14.7. The lowest BCUT2D eigenvalue weighted by Gasteiger charge is -2.15. The molecule has 4 aromatic rings. The highest BCUT2D eigenvalue weighted by Gasteiger charge is 2.49. The second-order valence-corrected chi connectivity index (χ2v) is 7.82. The van der Waals surface area contributed by atoms with Gasteiger partial charge in [-0.15, -0.1) is 0 Å². The fourth-order valence-electron chi connectivity index (χ4n) is 3.26. The third kappa shape index (κ3) is 3.29. The van der Waals surface area contributed by atoms with Gasteiger partial charge in [-0.25, -0.2) is 4.39 Å². The van der Waals surface area contributed by atoms with Crippen molar-refractivity contribution in [3.8, 4) is 16.9 Å². The smallest absolute Gasteiger partial charge is 0.375 e. The molecule has 0 aliphatic rings. The summed E-state index contributed by atoms with van der Waals surface area (Å²) in [7, 11) is -5.95. The van der Waals surface area contributed by atoms with Crippen molar-refractivity contribution in [1.29, 1.82) is 0 Å². The van der Waals surface area contributed by atoms with Gasteiger partial charge in [0.15, 0.2) is 5.75 Å². The van der Waals surface area contributed by atoms with Crippen molar-refractivity contribution < 1.29 is 30.2 Å². The van der Waals surface area contributed by atoms with Crippen LogP contribution in [-0.4, -0.2) is 13.9 Å². The van der Waals surface area contributed by atoms with Gasteiger partial charge in [0.25, 0.3) is 0 Å². The highest BCUT2D eigenvalue weighted by molar-refractivity contribution is 7.88. The van der Waals surface area contributed by atoms with Crippen LogP contribution in [0.15, 0.2) is 72.8 Å². The van der Waals surface area contributed by atoms with E-state index in [4.69, 9.17) is 0 Å². The van der Waals surface area contributed by atoms with Crippen LogP contribution >= 0.6 is 0 Å². The average molecular weight is 420 g/mol. The molecular formula is C21H12F4O3S. The van der Waals surface area contributed by atoms with E-state index in [2.05, 4.69) is 4.18 Å². The molecule has 0 atom stereocenters. The van der Waals surface area contributed by atoms with Gasteiger partial charge in [0.1, 0.15) is 5.82 Å². The average Bonchev–Trinajstić information content (AvgIpc) is 2.66. The van der Waals surface area contributed by atoms with Crippen LogP contribution in [0, 0.1) is 5.82 Å². The molecule has 4 aromatic carbocycles. The van der Waals surface area contributed by atoms with Gasteiger partial charge in [0.2, 0.25) is 0 Å². The molecule has 0 amide bonds. The van der Waals surface area contributed by atoms with E-state index in [0.29, 0.717) is 5.39 Å². The minimum absolute atomic E-state index is 0.221. The molecule has 0 heterocycles. The molecule has 0 saturated carbocycles. The van der Waals surface area contributed by atoms with E-state index in [0.717, 1.165) is 34.4 Å². The first-order valence-corrected chi connectivity index (χ1v) is 9.80. The molecule has 8 heteroatoms. The highest BCUT2D eigenvalue weighted by atomic mass is 32.2. The van der Waals surface area contributed by atoms with Crippen molar-refractivity contribution >= 4 is 31.7 Å². The van der Waals surface area contributed by atoms with Crippen molar-refractivity contribution in [2.45, 2.75) is 5.51 Å². The van der Waals surface area contributed by atoms with Crippen LogP contribution < -0.4 is 4.18 Å². The third-order valence-corrected chi connectivity index (χ3v) is 5.48. The monoisotopic (exact) mass is 420 g/mol. The lowest BCUT2D eigenvalue weighted by molar-refractivity contribution is -0.0499. The first kappa shape index (κ1) is 19.2. The minimum Gasteiger partial charge on any atom is -0.375 e. The van der Waals surface area contributed by atoms with Crippen LogP contribution in [0.4, 0.5) is 17.6 Å². The summed E-state index contributed by atoms with van der Waals surface area (Å²) in [4.78, 5) is 0. The topological polar surface area (TPSA) is 43.4 Å². The quantitative estimate of drug-likeness (QED) is 0.176. The largest absolute Gasteiger partial charge is 0.534 e. The first-order chi connectivity index (χ1) is 13.7. The van der Waals surface area contributed by atoms with Crippen LogP contribution in [-0.2, 0) is 10.1 Å².